The highest BCUT2D eigenvalue weighted by atomic mass is 16.7. The number of phenols is 1. The van der Waals surface area contributed by atoms with E-state index in [1.807, 2.05) is 12.1 Å². The SMILES string of the molecule is COC(=O)C[C@H]1CC(c2ccc(O)cc2)NO1. The molecule has 0 radical (unpaired) electrons. The van der Waals surface area contributed by atoms with Gasteiger partial charge in [0.15, 0.2) is 0 Å². The lowest BCUT2D eigenvalue weighted by Gasteiger charge is -2.08. The predicted octanol–water partition coefficient (Wildman–Crippen LogP) is 1.29. The van der Waals surface area contributed by atoms with E-state index < -0.39 is 0 Å². The molecule has 1 aliphatic heterocycles. The summed E-state index contributed by atoms with van der Waals surface area (Å²) in [5, 5.41) is 9.19. The van der Waals surface area contributed by atoms with Gasteiger partial charge < -0.3 is 9.84 Å². The minimum atomic E-state index is -0.275. The van der Waals surface area contributed by atoms with Crippen LogP contribution in [0.2, 0.25) is 0 Å². The van der Waals surface area contributed by atoms with Crippen molar-refractivity contribution < 1.29 is 19.5 Å². The molecule has 2 atom stereocenters. The molecular weight excluding hydrogens is 222 g/mol. The van der Waals surface area contributed by atoms with Gasteiger partial charge >= 0.3 is 5.97 Å². The summed E-state index contributed by atoms with van der Waals surface area (Å²) in [5.41, 5.74) is 3.91. The number of carbonyl (C=O) groups is 1. The Hall–Kier alpha value is -1.59. The summed E-state index contributed by atoms with van der Waals surface area (Å²) in [4.78, 5) is 16.4. The van der Waals surface area contributed by atoms with Crippen LogP contribution in [0.15, 0.2) is 24.3 Å². The minimum Gasteiger partial charge on any atom is -0.508 e. The number of benzene rings is 1. The number of methoxy groups -OCH3 is 1. The molecule has 0 bridgehead atoms. The monoisotopic (exact) mass is 237 g/mol. The number of nitrogens with one attached hydrogen (secondary N) is 1. The van der Waals surface area contributed by atoms with E-state index in [-0.39, 0.29) is 30.3 Å². The normalized spacial score (nSPS) is 23.6. The summed E-state index contributed by atoms with van der Waals surface area (Å²) in [6.07, 6.45) is 0.791. The second-order valence-corrected chi connectivity index (χ2v) is 4.02. The van der Waals surface area contributed by atoms with Crippen LogP contribution in [-0.4, -0.2) is 24.3 Å². The van der Waals surface area contributed by atoms with E-state index in [4.69, 9.17) is 4.84 Å². The maximum atomic E-state index is 11.1. The van der Waals surface area contributed by atoms with Crippen molar-refractivity contribution in [2.75, 3.05) is 7.11 Å². The zero-order valence-corrected chi connectivity index (χ0v) is 9.55. The van der Waals surface area contributed by atoms with Crippen LogP contribution in [0, 0.1) is 0 Å². The van der Waals surface area contributed by atoms with Crippen molar-refractivity contribution >= 4 is 5.97 Å². The number of carbonyl (C=O) groups excluding carboxylic acids is 1. The van der Waals surface area contributed by atoms with E-state index in [1.54, 1.807) is 12.1 Å². The largest absolute Gasteiger partial charge is 0.508 e. The zero-order chi connectivity index (χ0) is 12.3. The molecule has 1 fully saturated rings. The summed E-state index contributed by atoms with van der Waals surface area (Å²) in [7, 11) is 1.36. The quantitative estimate of drug-likeness (QED) is 0.775. The number of ether oxygens (including phenoxy) is 1. The Labute approximate surface area is 99.3 Å². The highest BCUT2D eigenvalue weighted by Gasteiger charge is 2.28. The Morgan fingerprint density at radius 2 is 2.24 bits per heavy atom. The molecule has 2 rings (SSSR count). The summed E-state index contributed by atoms with van der Waals surface area (Å²) < 4.78 is 4.59. The van der Waals surface area contributed by atoms with Crippen molar-refractivity contribution in [2.24, 2.45) is 0 Å². The highest BCUT2D eigenvalue weighted by Crippen LogP contribution is 2.27. The van der Waals surface area contributed by atoms with Gasteiger partial charge in [-0.3, -0.25) is 9.63 Å². The van der Waals surface area contributed by atoms with Gasteiger partial charge in [0, 0.05) is 0 Å². The van der Waals surface area contributed by atoms with E-state index in [2.05, 4.69) is 10.2 Å². The first-order valence-electron chi connectivity index (χ1n) is 5.46. The average Bonchev–Trinajstić information content (AvgIpc) is 2.78. The molecule has 17 heavy (non-hydrogen) atoms. The van der Waals surface area contributed by atoms with Gasteiger partial charge in [0.25, 0.3) is 0 Å². The first-order chi connectivity index (χ1) is 8.19. The molecule has 92 valence electrons. The highest BCUT2D eigenvalue weighted by molar-refractivity contribution is 5.69. The van der Waals surface area contributed by atoms with Crippen LogP contribution in [0.1, 0.15) is 24.4 Å². The van der Waals surface area contributed by atoms with Crippen LogP contribution in [0.25, 0.3) is 0 Å². The lowest BCUT2D eigenvalue weighted by Crippen LogP contribution is -2.15. The third kappa shape index (κ3) is 2.95. The molecule has 0 aliphatic carbocycles. The molecule has 2 N–H and O–H groups in total. The number of hydrogen-bond donors (Lipinski definition) is 2. The Balaban J connectivity index is 1.93. The maximum absolute atomic E-state index is 11.1. The number of phenolic OH excluding ortho intramolecular Hbond substituents is 1. The Morgan fingerprint density at radius 1 is 1.53 bits per heavy atom. The molecule has 0 spiro atoms. The number of rotatable bonds is 3. The standard InChI is InChI=1S/C12H15NO4/c1-16-12(15)7-10-6-11(13-17-10)8-2-4-9(14)5-3-8/h2-5,10-11,13-14H,6-7H2,1H3/t10-,11?/m1/s1. The van der Waals surface area contributed by atoms with Crippen LogP contribution < -0.4 is 5.48 Å². The minimum absolute atomic E-state index is 0.0465. The summed E-state index contributed by atoms with van der Waals surface area (Å²) in [5.74, 6) is -0.0399. The molecule has 1 heterocycles. The van der Waals surface area contributed by atoms with Gasteiger partial charge in [0.05, 0.1) is 25.7 Å². The van der Waals surface area contributed by atoms with Gasteiger partial charge in [0.1, 0.15) is 5.75 Å². The third-order valence-corrected chi connectivity index (χ3v) is 2.79. The lowest BCUT2D eigenvalue weighted by molar-refractivity contribution is -0.143. The van der Waals surface area contributed by atoms with Crippen molar-refractivity contribution in [2.45, 2.75) is 25.0 Å². The summed E-state index contributed by atoms with van der Waals surface area (Å²) >= 11 is 0. The number of esters is 1. The molecule has 1 aliphatic rings. The van der Waals surface area contributed by atoms with Crippen molar-refractivity contribution in [3.05, 3.63) is 29.8 Å². The van der Waals surface area contributed by atoms with E-state index in [0.717, 1.165) is 5.56 Å². The third-order valence-electron chi connectivity index (χ3n) is 2.79. The summed E-state index contributed by atoms with van der Waals surface area (Å²) in [6, 6.07) is 6.97. The van der Waals surface area contributed by atoms with E-state index in [0.29, 0.717) is 6.42 Å². The fraction of sp³-hybridized carbons (Fsp3) is 0.417. The Morgan fingerprint density at radius 3 is 2.88 bits per heavy atom. The van der Waals surface area contributed by atoms with Crippen molar-refractivity contribution in [1.82, 2.24) is 5.48 Å². The van der Waals surface area contributed by atoms with Gasteiger partial charge in [-0.25, -0.2) is 0 Å². The van der Waals surface area contributed by atoms with Gasteiger partial charge in [-0.1, -0.05) is 12.1 Å². The van der Waals surface area contributed by atoms with Crippen molar-refractivity contribution in [1.29, 1.82) is 0 Å². The molecular formula is C12H15NO4. The topological polar surface area (TPSA) is 67.8 Å². The van der Waals surface area contributed by atoms with Crippen LogP contribution in [0.3, 0.4) is 0 Å². The predicted molar refractivity (Wildman–Crippen MR) is 60.1 cm³/mol. The van der Waals surface area contributed by atoms with Crippen LogP contribution in [0.4, 0.5) is 0 Å². The molecule has 1 unspecified atom stereocenters. The molecule has 0 aromatic heterocycles. The first kappa shape index (κ1) is 11.9. The summed E-state index contributed by atoms with van der Waals surface area (Å²) in [6.45, 7) is 0. The van der Waals surface area contributed by atoms with Crippen molar-refractivity contribution in [3.63, 3.8) is 0 Å². The fourth-order valence-electron chi connectivity index (χ4n) is 1.84. The smallest absolute Gasteiger partial charge is 0.308 e. The van der Waals surface area contributed by atoms with Gasteiger partial charge in [0.2, 0.25) is 0 Å². The van der Waals surface area contributed by atoms with Gasteiger partial charge in [-0.05, 0) is 24.1 Å². The zero-order valence-electron chi connectivity index (χ0n) is 9.55. The van der Waals surface area contributed by atoms with E-state index in [1.165, 1.54) is 7.11 Å². The van der Waals surface area contributed by atoms with Crippen LogP contribution >= 0.6 is 0 Å². The van der Waals surface area contributed by atoms with Crippen LogP contribution in [0.5, 0.6) is 5.75 Å². The lowest BCUT2D eigenvalue weighted by atomic mass is 10.0. The fourth-order valence-corrected chi connectivity index (χ4v) is 1.84. The molecule has 1 aromatic rings. The Kier molecular flexibility index (Phi) is 3.61. The van der Waals surface area contributed by atoms with Crippen molar-refractivity contribution in [3.8, 4) is 5.75 Å². The van der Waals surface area contributed by atoms with E-state index >= 15 is 0 Å². The second kappa shape index (κ2) is 5.16. The second-order valence-electron chi connectivity index (χ2n) is 4.02. The average molecular weight is 237 g/mol. The number of hydroxylamine groups is 1. The number of hydrogen-bond acceptors (Lipinski definition) is 5. The van der Waals surface area contributed by atoms with Gasteiger partial charge in [-0.15, -0.1) is 0 Å². The molecule has 5 nitrogen and oxygen atoms in total. The maximum Gasteiger partial charge on any atom is 0.308 e. The number of aromatic hydroxyl groups is 1. The van der Waals surface area contributed by atoms with Crippen LogP contribution in [-0.2, 0) is 14.4 Å². The van der Waals surface area contributed by atoms with E-state index in [9.17, 15) is 9.90 Å². The Bertz CT molecular complexity index is 390. The molecule has 0 saturated carbocycles. The first-order valence-corrected chi connectivity index (χ1v) is 5.46. The molecule has 0 amide bonds. The molecule has 5 heteroatoms. The van der Waals surface area contributed by atoms with Gasteiger partial charge in [-0.2, -0.15) is 5.48 Å². The molecule has 1 saturated heterocycles. The molecule has 1 aromatic carbocycles.